The Morgan fingerprint density at radius 1 is 1.14 bits per heavy atom. The summed E-state index contributed by atoms with van der Waals surface area (Å²) in [6, 6.07) is 7.06. The quantitative estimate of drug-likeness (QED) is 0.259. The van der Waals surface area contributed by atoms with Crippen molar-refractivity contribution in [3.8, 4) is 5.75 Å². The second kappa shape index (κ2) is 12.7. The summed E-state index contributed by atoms with van der Waals surface area (Å²) in [6.07, 6.45) is 6.17. The predicted octanol–water partition coefficient (Wildman–Crippen LogP) is 5.74. The summed E-state index contributed by atoms with van der Waals surface area (Å²) >= 11 is 0. The molecule has 202 valence electrons. The molecule has 1 saturated heterocycles. The SMILES string of the molecule is CCCCCCOC(=O)OCOc1ccc2c(c1)[C@@]13CCCC[C@@H]1[C@H](C2)NCC3.O=C(O)C(F)(F)F. The summed E-state index contributed by atoms with van der Waals surface area (Å²) in [5.41, 5.74) is 3.25. The van der Waals surface area contributed by atoms with Crippen molar-refractivity contribution >= 4 is 12.1 Å². The largest absolute Gasteiger partial charge is 0.511 e. The number of carbonyl (C=O) groups excluding carboxylic acids is 1. The molecule has 3 atom stereocenters. The Morgan fingerprint density at radius 3 is 2.64 bits per heavy atom. The molecular formula is C26H36F3NO6. The molecule has 0 amide bonds. The van der Waals surface area contributed by atoms with Crippen molar-refractivity contribution in [1.82, 2.24) is 5.32 Å². The average molecular weight is 516 g/mol. The lowest BCUT2D eigenvalue weighted by atomic mass is 9.53. The molecule has 3 aliphatic rings. The molecule has 0 unspecified atom stereocenters. The van der Waals surface area contributed by atoms with Gasteiger partial charge in [-0.3, -0.25) is 0 Å². The van der Waals surface area contributed by atoms with E-state index in [9.17, 15) is 18.0 Å². The maximum Gasteiger partial charge on any atom is 0.511 e. The highest BCUT2D eigenvalue weighted by molar-refractivity contribution is 5.73. The van der Waals surface area contributed by atoms with Gasteiger partial charge in [0, 0.05) is 11.5 Å². The van der Waals surface area contributed by atoms with Gasteiger partial charge in [-0.2, -0.15) is 13.2 Å². The number of aliphatic carboxylic acids is 1. The number of piperidine rings is 1. The van der Waals surface area contributed by atoms with E-state index in [4.69, 9.17) is 24.1 Å². The molecule has 1 aliphatic heterocycles. The highest BCUT2D eigenvalue weighted by Crippen LogP contribution is 2.54. The van der Waals surface area contributed by atoms with Gasteiger partial charge in [-0.1, -0.05) is 45.1 Å². The van der Waals surface area contributed by atoms with E-state index >= 15 is 0 Å². The van der Waals surface area contributed by atoms with Gasteiger partial charge >= 0.3 is 18.3 Å². The summed E-state index contributed by atoms with van der Waals surface area (Å²) in [4.78, 5) is 20.6. The van der Waals surface area contributed by atoms with Crippen LogP contribution in [0.25, 0.3) is 0 Å². The third-order valence-corrected chi connectivity index (χ3v) is 7.48. The van der Waals surface area contributed by atoms with Crippen molar-refractivity contribution in [1.29, 1.82) is 0 Å². The molecule has 4 rings (SSSR count). The third kappa shape index (κ3) is 7.05. The van der Waals surface area contributed by atoms with Gasteiger partial charge in [-0.05, 0) is 67.8 Å². The smallest absolute Gasteiger partial charge is 0.475 e. The Labute approximate surface area is 209 Å². The minimum Gasteiger partial charge on any atom is -0.475 e. The van der Waals surface area contributed by atoms with E-state index in [0.717, 1.165) is 43.9 Å². The second-order valence-electron chi connectivity index (χ2n) is 9.71. The van der Waals surface area contributed by atoms with Crippen molar-refractivity contribution < 1.29 is 42.1 Å². The first-order chi connectivity index (χ1) is 17.2. The number of halogens is 3. The maximum atomic E-state index is 11.7. The standard InChI is InChI=1S/C24H35NO4.C2HF3O2/c1-2-3-4-7-14-27-23(26)29-17-28-19-10-9-18-15-22-20-8-5-6-11-24(20,12-13-25-22)21(18)16-19;3-2(4,5)1(6)7/h9-10,16,20,22,25H,2-8,11-15,17H2,1H3;(H,6,7)/t20-,22+,24-;/m1./s1. The molecule has 2 N–H and O–H groups in total. The van der Waals surface area contributed by atoms with Gasteiger partial charge in [0.05, 0.1) is 6.61 Å². The molecule has 10 heteroatoms. The lowest BCUT2D eigenvalue weighted by Gasteiger charge is -2.56. The molecule has 0 radical (unpaired) electrons. The van der Waals surface area contributed by atoms with Crippen LogP contribution in [-0.2, 0) is 26.1 Å². The number of rotatable bonds is 8. The molecule has 2 aliphatic carbocycles. The number of nitrogens with one attached hydrogen (secondary N) is 1. The van der Waals surface area contributed by atoms with Crippen LogP contribution in [0.3, 0.4) is 0 Å². The molecule has 2 fully saturated rings. The Hall–Kier alpha value is -2.49. The predicted molar refractivity (Wildman–Crippen MR) is 126 cm³/mol. The zero-order chi connectivity index (χ0) is 26.2. The van der Waals surface area contributed by atoms with E-state index in [1.807, 2.05) is 6.07 Å². The lowest BCUT2D eigenvalue weighted by molar-refractivity contribution is -0.192. The van der Waals surface area contributed by atoms with Gasteiger partial charge in [0.1, 0.15) is 5.75 Å². The number of unbranched alkanes of at least 4 members (excludes halogenated alkanes) is 3. The van der Waals surface area contributed by atoms with Crippen LogP contribution in [0.5, 0.6) is 5.75 Å². The molecule has 0 spiro atoms. The van der Waals surface area contributed by atoms with Gasteiger partial charge in [-0.25, -0.2) is 9.59 Å². The molecule has 0 aromatic heterocycles. The summed E-state index contributed by atoms with van der Waals surface area (Å²) in [7, 11) is 0. The highest BCUT2D eigenvalue weighted by Gasteiger charge is 2.51. The minimum atomic E-state index is -5.08. The second-order valence-corrected chi connectivity index (χ2v) is 9.71. The topological polar surface area (TPSA) is 94.1 Å². The number of fused-ring (bicyclic) bond motifs is 1. The van der Waals surface area contributed by atoms with Crippen LogP contribution in [-0.4, -0.2) is 49.4 Å². The maximum absolute atomic E-state index is 11.7. The number of ether oxygens (including phenoxy) is 3. The Kier molecular flexibility index (Phi) is 9.87. The number of carbonyl (C=O) groups is 2. The fraction of sp³-hybridized carbons (Fsp3) is 0.692. The Bertz CT molecular complexity index is 889. The molecule has 1 aromatic rings. The van der Waals surface area contributed by atoms with Crippen LogP contribution in [0.15, 0.2) is 18.2 Å². The first-order valence-corrected chi connectivity index (χ1v) is 12.8. The molecule has 1 saturated carbocycles. The summed E-state index contributed by atoms with van der Waals surface area (Å²) in [5, 5.41) is 10.9. The van der Waals surface area contributed by atoms with Crippen LogP contribution >= 0.6 is 0 Å². The summed E-state index contributed by atoms with van der Waals surface area (Å²) in [6.45, 7) is 3.58. The zero-order valence-corrected chi connectivity index (χ0v) is 20.7. The monoisotopic (exact) mass is 515 g/mol. The number of alkyl halides is 3. The van der Waals surface area contributed by atoms with Gasteiger partial charge < -0.3 is 24.6 Å². The van der Waals surface area contributed by atoms with Gasteiger partial charge in [0.2, 0.25) is 6.79 Å². The van der Waals surface area contributed by atoms with Crippen LogP contribution in [0.4, 0.5) is 18.0 Å². The van der Waals surface area contributed by atoms with Crippen LogP contribution < -0.4 is 10.1 Å². The van der Waals surface area contributed by atoms with Crippen molar-refractivity contribution in [2.75, 3.05) is 19.9 Å². The minimum absolute atomic E-state index is 0.104. The van der Waals surface area contributed by atoms with Crippen LogP contribution in [0, 0.1) is 5.92 Å². The van der Waals surface area contributed by atoms with Crippen molar-refractivity contribution in [2.24, 2.45) is 5.92 Å². The molecule has 1 heterocycles. The van der Waals surface area contributed by atoms with E-state index in [1.54, 1.807) is 0 Å². The lowest BCUT2D eigenvalue weighted by Crippen LogP contribution is -2.59. The Balaban J connectivity index is 0.000000454. The van der Waals surface area contributed by atoms with E-state index in [2.05, 4.69) is 24.4 Å². The third-order valence-electron chi connectivity index (χ3n) is 7.48. The fourth-order valence-corrected chi connectivity index (χ4v) is 5.86. The molecule has 2 bridgehead atoms. The molecule has 36 heavy (non-hydrogen) atoms. The van der Waals surface area contributed by atoms with Gasteiger partial charge in [0.25, 0.3) is 0 Å². The normalized spacial score (nSPS) is 24.3. The highest BCUT2D eigenvalue weighted by atomic mass is 19.4. The molecule has 7 nitrogen and oxygen atoms in total. The fourth-order valence-electron chi connectivity index (χ4n) is 5.86. The van der Waals surface area contributed by atoms with E-state index in [-0.39, 0.29) is 6.79 Å². The van der Waals surface area contributed by atoms with Gasteiger partial charge in [-0.15, -0.1) is 0 Å². The van der Waals surface area contributed by atoms with Gasteiger partial charge in [0.15, 0.2) is 0 Å². The number of benzene rings is 1. The van der Waals surface area contributed by atoms with Crippen molar-refractivity contribution in [3.63, 3.8) is 0 Å². The molecule has 1 aromatic carbocycles. The van der Waals surface area contributed by atoms with Crippen LogP contribution in [0.2, 0.25) is 0 Å². The Morgan fingerprint density at radius 2 is 1.92 bits per heavy atom. The summed E-state index contributed by atoms with van der Waals surface area (Å²) < 4.78 is 47.7. The van der Waals surface area contributed by atoms with E-state index in [1.165, 1.54) is 49.7 Å². The van der Waals surface area contributed by atoms with Crippen LogP contribution in [0.1, 0.15) is 75.8 Å². The van der Waals surface area contributed by atoms with E-state index < -0.39 is 18.3 Å². The number of carboxylic acids is 1. The van der Waals surface area contributed by atoms with Crippen molar-refractivity contribution in [2.45, 2.75) is 88.8 Å². The first-order valence-electron chi connectivity index (χ1n) is 12.8. The first kappa shape index (κ1) is 28.1. The van der Waals surface area contributed by atoms with E-state index in [0.29, 0.717) is 18.1 Å². The number of hydrogen-bond donors (Lipinski definition) is 2. The number of hydrogen-bond acceptors (Lipinski definition) is 6. The molecular weight excluding hydrogens is 479 g/mol. The zero-order valence-electron chi connectivity index (χ0n) is 20.7. The summed E-state index contributed by atoms with van der Waals surface area (Å²) in [5.74, 6) is -1.23. The average Bonchev–Trinajstić information content (AvgIpc) is 2.84. The van der Waals surface area contributed by atoms with Crippen molar-refractivity contribution in [3.05, 3.63) is 29.3 Å². The number of carboxylic acid groups (broad SMARTS) is 1.